The zero-order valence-electron chi connectivity index (χ0n) is 16.4. The molecule has 0 bridgehead atoms. The van der Waals surface area contributed by atoms with Gasteiger partial charge in [0.1, 0.15) is 11.9 Å². The fraction of sp³-hybridized carbons (Fsp3) is 0.526. The van der Waals surface area contributed by atoms with Crippen molar-refractivity contribution in [1.82, 2.24) is 15.1 Å². The van der Waals surface area contributed by atoms with Crippen LogP contribution in [-0.4, -0.2) is 80.1 Å². The molecule has 0 saturated carbocycles. The Bertz CT molecular complexity index is 734. The Morgan fingerprint density at radius 1 is 1.24 bits per heavy atom. The highest BCUT2D eigenvalue weighted by atomic mass is 127. The van der Waals surface area contributed by atoms with E-state index < -0.39 is 5.82 Å². The molecule has 29 heavy (non-hydrogen) atoms. The average molecular weight is 519 g/mol. The second-order valence-electron chi connectivity index (χ2n) is 6.77. The number of nitrogens with zero attached hydrogens (tertiary/aromatic N) is 3. The third-order valence-corrected chi connectivity index (χ3v) is 4.82. The number of rotatable bonds is 4. The van der Waals surface area contributed by atoms with Crippen LogP contribution in [0.1, 0.15) is 12.8 Å². The van der Waals surface area contributed by atoms with E-state index in [0.717, 1.165) is 12.8 Å². The van der Waals surface area contributed by atoms with Gasteiger partial charge in [-0.15, -0.1) is 24.0 Å². The number of guanidine groups is 1. The Balaban J connectivity index is 0.00000300. The summed E-state index contributed by atoms with van der Waals surface area (Å²) in [6, 6.07) is 5.74. The Labute approximate surface area is 186 Å². The maximum Gasteiger partial charge on any atom is 0.251 e. The predicted octanol–water partition coefficient (Wildman–Crippen LogP) is 1.28. The minimum Gasteiger partial charge on any atom is -0.368 e. The van der Waals surface area contributed by atoms with E-state index in [1.165, 1.54) is 18.2 Å². The van der Waals surface area contributed by atoms with Crippen LogP contribution in [0.15, 0.2) is 29.3 Å². The van der Waals surface area contributed by atoms with Gasteiger partial charge in [0.25, 0.3) is 5.91 Å². The van der Waals surface area contributed by atoms with E-state index in [2.05, 4.69) is 15.6 Å². The summed E-state index contributed by atoms with van der Waals surface area (Å²) in [5.74, 6) is -0.0379. The van der Waals surface area contributed by atoms with Crippen molar-refractivity contribution in [1.29, 1.82) is 0 Å². The molecule has 2 amide bonds. The van der Waals surface area contributed by atoms with Crippen LogP contribution in [0.4, 0.5) is 10.1 Å². The number of hydrogen-bond donors (Lipinski definition) is 2. The van der Waals surface area contributed by atoms with Crippen LogP contribution >= 0.6 is 24.0 Å². The summed E-state index contributed by atoms with van der Waals surface area (Å²) in [6.45, 7) is 3.11. The molecule has 2 saturated heterocycles. The molecule has 2 aliphatic rings. The molecule has 0 radical (unpaired) electrons. The number of ether oxygens (including phenoxy) is 1. The van der Waals surface area contributed by atoms with Crippen LogP contribution in [0.25, 0.3) is 0 Å². The third-order valence-electron chi connectivity index (χ3n) is 4.82. The normalized spacial score (nSPS) is 19.5. The standard InChI is InChI=1S/C19H26FN5O3.HI/c1-21-19(22-13-17(26)23-15-5-2-4-14(20)12-15)25-9-7-24(8-10-25)18(27)16-6-3-11-28-16;/h2,4-5,12,16H,3,6-11,13H2,1H3,(H,21,22)(H,23,26);1H. The molecular formula is C19H27FIN5O3. The van der Waals surface area contributed by atoms with Crippen molar-refractivity contribution in [2.45, 2.75) is 18.9 Å². The summed E-state index contributed by atoms with van der Waals surface area (Å²) < 4.78 is 18.7. The minimum absolute atomic E-state index is 0. The van der Waals surface area contributed by atoms with Gasteiger partial charge in [-0.25, -0.2) is 4.39 Å². The first-order chi connectivity index (χ1) is 13.6. The van der Waals surface area contributed by atoms with Gasteiger partial charge in [-0.3, -0.25) is 14.6 Å². The topological polar surface area (TPSA) is 86.3 Å². The second kappa shape index (κ2) is 11.3. The first-order valence-electron chi connectivity index (χ1n) is 9.48. The zero-order valence-corrected chi connectivity index (χ0v) is 18.7. The zero-order chi connectivity index (χ0) is 19.9. The molecule has 1 aromatic carbocycles. The molecule has 1 aromatic rings. The van der Waals surface area contributed by atoms with Crippen LogP contribution in [0.5, 0.6) is 0 Å². The van der Waals surface area contributed by atoms with Crippen LogP contribution < -0.4 is 10.6 Å². The lowest BCUT2D eigenvalue weighted by atomic mass is 10.2. The molecule has 2 aliphatic heterocycles. The van der Waals surface area contributed by atoms with E-state index in [0.29, 0.717) is 44.4 Å². The van der Waals surface area contributed by atoms with E-state index in [4.69, 9.17) is 4.74 Å². The van der Waals surface area contributed by atoms with Crippen LogP contribution in [0.3, 0.4) is 0 Å². The van der Waals surface area contributed by atoms with Crippen molar-refractivity contribution >= 4 is 47.4 Å². The van der Waals surface area contributed by atoms with Crippen molar-refractivity contribution < 1.29 is 18.7 Å². The number of carbonyl (C=O) groups is 2. The molecule has 3 rings (SSSR count). The molecule has 8 nitrogen and oxygen atoms in total. The van der Waals surface area contributed by atoms with Gasteiger partial charge in [-0.05, 0) is 31.0 Å². The van der Waals surface area contributed by atoms with Crippen molar-refractivity contribution in [2.75, 3.05) is 51.7 Å². The number of amides is 2. The molecule has 1 atom stereocenters. The highest BCUT2D eigenvalue weighted by Gasteiger charge is 2.30. The Morgan fingerprint density at radius 3 is 2.59 bits per heavy atom. The molecule has 10 heteroatoms. The van der Waals surface area contributed by atoms with Gasteiger partial charge >= 0.3 is 0 Å². The fourth-order valence-electron chi connectivity index (χ4n) is 3.38. The summed E-state index contributed by atoms with van der Waals surface area (Å²) in [5.41, 5.74) is 0.406. The maximum absolute atomic E-state index is 13.2. The SMILES string of the molecule is CN=C(NCC(=O)Nc1cccc(F)c1)N1CCN(C(=O)C2CCCO2)CC1.I. The van der Waals surface area contributed by atoms with Gasteiger partial charge in [0.05, 0.1) is 6.54 Å². The lowest BCUT2D eigenvalue weighted by Crippen LogP contribution is -2.55. The number of anilines is 1. The smallest absolute Gasteiger partial charge is 0.251 e. The van der Waals surface area contributed by atoms with Crippen LogP contribution in [0, 0.1) is 5.82 Å². The quantitative estimate of drug-likeness (QED) is 0.356. The molecule has 2 heterocycles. The first-order valence-corrected chi connectivity index (χ1v) is 9.48. The van der Waals surface area contributed by atoms with Gasteiger partial charge in [-0.1, -0.05) is 6.07 Å². The van der Waals surface area contributed by atoms with Gasteiger partial charge in [0.2, 0.25) is 5.91 Å². The average Bonchev–Trinajstić information content (AvgIpc) is 3.23. The molecular weight excluding hydrogens is 492 g/mol. The molecule has 2 fully saturated rings. The summed E-state index contributed by atoms with van der Waals surface area (Å²) >= 11 is 0. The summed E-state index contributed by atoms with van der Waals surface area (Å²) in [5, 5.41) is 5.65. The van der Waals surface area contributed by atoms with Crippen molar-refractivity contribution in [3.05, 3.63) is 30.1 Å². The summed E-state index contributed by atoms with van der Waals surface area (Å²) in [6.07, 6.45) is 1.43. The lowest BCUT2D eigenvalue weighted by molar-refractivity contribution is -0.142. The summed E-state index contributed by atoms with van der Waals surface area (Å²) in [7, 11) is 1.65. The van der Waals surface area contributed by atoms with E-state index in [1.807, 2.05) is 9.80 Å². The minimum atomic E-state index is -0.406. The van der Waals surface area contributed by atoms with Gasteiger partial charge < -0.3 is 25.2 Å². The van der Waals surface area contributed by atoms with E-state index in [1.54, 1.807) is 13.1 Å². The fourth-order valence-corrected chi connectivity index (χ4v) is 3.38. The number of carbonyl (C=O) groups excluding carboxylic acids is 2. The number of piperazine rings is 1. The van der Waals surface area contributed by atoms with Crippen LogP contribution in [0.2, 0.25) is 0 Å². The van der Waals surface area contributed by atoms with Crippen LogP contribution in [-0.2, 0) is 14.3 Å². The van der Waals surface area contributed by atoms with Gasteiger partial charge in [0.15, 0.2) is 5.96 Å². The Hall–Kier alpha value is -1.95. The number of hydrogen-bond acceptors (Lipinski definition) is 4. The number of benzene rings is 1. The van der Waals surface area contributed by atoms with E-state index in [-0.39, 0.29) is 48.4 Å². The number of nitrogens with one attached hydrogen (secondary N) is 2. The second-order valence-corrected chi connectivity index (χ2v) is 6.77. The van der Waals surface area contributed by atoms with E-state index >= 15 is 0 Å². The first kappa shape index (κ1) is 23.3. The highest BCUT2D eigenvalue weighted by molar-refractivity contribution is 14.0. The molecule has 2 N–H and O–H groups in total. The van der Waals surface area contributed by atoms with Gasteiger partial charge in [-0.2, -0.15) is 0 Å². The molecule has 1 unspecified atom stereocenters. The molecule has 160 valence electrons. The predicted molar refractivity (Wildman–Crippen MR) is 119 cm³/mol. The van der Waals surface area contributed by atoms with Crippen molar-refractivity contribution in [3.63, 3.8) is 0 Å². The maximum atomic E-state index is 13.2. The number of halogens is 2. The summed E-state index contributed by atoms with van der Waals surface area (Å²) in [4.78, 5) is 32.5. The monoisotopic (exact) mass is 519 g/mol. The number of aliphatic imine (C=N–C) groups is 1. The highest BCUT2D eigenvalue weighted by Crippen LogP contribution is 2.16. The third kappa shape index (κ3) is 6.53. The molecule has 0 spiro atoms. The Kier molecular flexibility index (Phi) is 9.08. The molecule has 0 aromatic heterocycles. The van der Waals surface area contributed by atoms with E-state index in [9.17, 15) is 14.0 Å². The Morgan fingerprint density at radius 2 is 1.97 bits per heavy atom. The van der Waals surface area contributed by atoms with Gasteiger partial charge in [0, 0.05) is 45.5 Å². The van der Waals surface area contributed by atoms with Crippen molar-refractivity contribution in [3.8, 4) is 0 Å². The lowest BCUT2D eigenvalue weighted by Gasteiger charge is -2.37. The van der Waals surface area contributed by atoms with Crippen molar-refractivity contribution in [2.24, 2.45) is 4.99 Å². The molecule has 0 aliphatic carbocycles. The largest absolute Gasteiger partial charge is 0.368 e.